The summed E-state index contributed by atoms with van der Waals surface area (Å²) in [7, 11) is 0. The van der Waals surface area contributed by atoms with E-state index in [1.165, 1.54) is 12.1 Å². The van der Waals surface area contributed by atoms with Gasteiger partial charge in [0.2, 0.25) is 17.7 Å². The summed E-state index contributed by atoms with van der Waals surface area (Å²) in [4.78, 5) is 77.4. The Morgan fingerprint density at radius 2 is 1.51 bits per heavy atom. The lowest BCUT2D eigenvalue weighted by atomic mass is 10.0. The van der Waals surface area contributed by atoms with E-state index in [1.807, 2.05) is 27.9 Å². The SMILES string of the molecule is O=C(CN1CCC(n2cc(-c3cnc4cccc(-c5cc(F)c(CN6CCOCC6)c(F)c5)c4n3)cn2)CC1)NCCCCCCCCNc1ccc2c(c1)C(=O)N(C1CCC(=O)NC1=O)C2=O. The number of fused-ring (bicyclic) bond motifs is 2. The number of anilines is 1. The quantitative estimate of drug-likeness (QED) is 0.0702. The number of piperidine rings is 2. The minimum Gasteiger partial charge on any atom is -0.385 e. The molecule has 5 amide bonds. The number of ether oxygens (including phenoxy) is 1. The molecule has 0 spiro atoms. The van der Waals surface area contributed by atoms with Gasteiger partial charge in [0.15, 0.2) is 0 Å². The Hall–Kier alpha value is -6.50. The minimum absolute atomic E-state index is 0.0286. The van der Waals surface area contributed by atoms with Gasteiger partial charge in [-0.3, -0.25) is 53.7 Å². The van der Waals surface area contributed by atoms with Crippen molar-refractivity contribution in [2.45, 2.75) is 82.8 Å². The normalized spacial score (nSPS) is 18.3. The van der Waals surface area contributed by atoms with E-state index >= 15 is 8.78 Å². The monoisotopic (exact) mass is 930 g/mol. The first-order valence-electron chi connectivity index (χ1n) is 23.8. The van der Waals surface area contributed by atoms with E-state index in [-0.39, 0.29) is 48.0 Å². The summed E-state index contributed by atoms with van der Waals surface area (Å²) in [5.74, 6) is -3.22. The summed E-state index contributed by atoms with van der Waals surface area (Å²) in [6.07, 6.45) is 13.3. The molecule has 3 fully saturated rings. The van der Waals surface area contributed by atoms with Crippen molar-refractivity contribution >= 4 is 46.3 Å². The molecule has 0 aliphatic carbocycles. The number of aromatic nitrogens is 4. The number of unbranched alkanes of at least 4 members (excludes halogenated alkanes) is 5. The Balaban J connectivity index is 0.662. The third-order valence-electron chi connectivity index (χ3n) is 13.4. The third-order valence-corrected chi connectivity index (χ3v) is 13.4. The van der Waals surface area contributed by atoms with Gasteiger partial charge >= 0.3 is 0 Å². The molecule has 4 aliphatic rings. The number of carbonyl (C=O) groups is 5. The third kappa shape index (κ3) is 10.6. The van der Waals surface area contributed by atoms with Gasteiger partial charge < -0.3 is 15.4 Å². The lowest BCUT2D eigenvalue weighted by Crippen LogP contribution is -2.54. The second-order valence-corrected chi connectivity index (χ2v) is 18.1. The van der Waals surface area contributed by atoms with E-state index < -0.39 is 41.3 Å². The summed E-state index contributed by atoms with van der Waals surface area (Å²) in [6, 6.07) is 12.4. The number of para-hydroxylation sites is 1. The minimum atomic E-state index is -0.985. The molecule has 16 nitrogen and oxygen atoms in total. The van der Waals surface area contributed by atoms with Crippen molar-refractivity contribution in [2.75, 3.05) is 64.3 Å². The summed E-state index contributed by atoms with van der Waals surface area (Å²) in [6.45, 7) is 5.78. The predicted octanol–water partition coefficient (Wildman–Crippen LogP) is 5.88. The maximum Gasteiger partial charge on any atom is 0.262 e. The number of imide groups is 2. The lowest BCUT2D eigenvalue weighted by molar-refractivity contribution is -0.136. The first kappa shape index (κ1) is 46.6. The molecule has 0 saturated carbocycles. The Morgan fingerprint density at radius 1 is 0.779 bits per heavy atom. The summed E-state index contributed by atoms with van der Waals surface area (Å²) < 4.78 is 38.1. The van der Waals surface area contributed by atoms with Crippen molar-refractivity contribution < 1.29 is 37.5 Å². The maximum atomic E-state index is 15.4. The zero-order valence-electron chi connectivity index (χ0n) is 38.0. The molecule has 9 rings (SSSR count). The fourth-order valence-corrected chi connectivity index (χ4v) is 9.57. The van der Waals surface area contributed by atoms with Crippen LogP contribution in [0, 0.1) is 11.6 Å². The van der Waals surface area contributed by atoms with E-state index in [2.05, 4.69) is 30.9 Å². The van der Waals surface area contributed by atoms with Crippen molar-refractivity contribution in [3.63, 3.8) is 0 Å². The lowest BCUT2D eigenvalue weighted by Gasteiger charge is -2.31. The summed E-state index contributed by atoms with van der Waals surface area (Å²) >= 11 is 0. The molecule has 18 heteroatoms. The fourth-order valence-electron chi connectivity index (χ4n) is 9.57. The highest BCUT2D eigenvalue weighted by Gasteiger charge is 2.44. The smallest absolute Gasteiger partial charge is 0.262 e. The van der Waals surface area contributed by atoms with Crippen LogP contribution in [-0.2, 0) is 25.7 Å². The number of hydrogen-bond acceptors (Lipinski definition) is 12. The van der Waals surface area contributed by atoms with Crippen LogP contribution in [0.3, 0.4) is 0 Å². The van der Waals surface area contributed by atoms with E-state index in [1.54, 1.807) is 36.7 Å². The van der Waals surface area contributed by atoms with E-state index in [4.69, 9.17) is 9.72 Å². The van der Waals surface area contributed by atoms with Gasteiger partial charge in [-0.1, -0.05) is 37.8 Å². The number of morpholine rings is 1. The summed E-state index contributed by atoms with van der Waals surface area (Å²) in [5, 5.41) is 13.3. The molecule has 1 atom stereocenters. The van der Waals surface area contributed by atoms with Gasteiger partial charge in [-0.25, -0.2) is 13.8 Å². The van der Waals surface area contributed by atoms with Crippen LogP contribution in [0.1, 0.15) is 96.5 Å². The van der Waals surface area contributed by atoms with Crippen molar-refractivity contribution in [1.82, 2.24) is 45.1 Å². The molecule has 0 bridgehead atoms. The number of hydrogen-bond donors (Lipinski definition) is 3. The molecule has 356 valence electrons. The predicted molar refractivity (Wildman–Crippen MR) is 249 cm³/mol. The van der Waals surface area contributed by atoms with Crippen molar-refractivity contribution in [3.05, 3.63) is 95.4 Å². The van der Waals surface area contributed by atoms with E-state index in [0.29, 0.717) is 73.8 Å². The zero-order chi connectivity index (χ0) is 47.1. The van der Waals surface area contributed by atoms with Crippen LogP contribution in [0.2, 0.25) is 0 Å². The number of rotatable bonds is 18. The second-order valence-electron chi connectivity index (χ2n) is 18.1. The first-order chi connectivity index (χ1) is 33.1. The number of benzene rings is 3. The Bertz CT molecular complexity index is 2680. The highest BCUT2D eigenvalue weighted by molar-refractivity contribution is 6.23. The van der Waals surface area contributed by atoms with Crippen LogP contribution in [0.5, 0.6) is 0 Å². The standard InChI is InChI=1S/C50H56F2N10O6/c51-40-24-32(25-41(52)39(40)30-60-20-22-68-23-21-60)36-8-7-9-42-47(36)57-43(28-55-42)33-27-56-61(29-33)35-14-18-59(19-15-35)31-46(64)54-17-6-4-2-1-3-5-16-53-34-10-11-37-38(26-34)50(67)62(49(37)66)44-12-13-45(63)58-48(44)65/h7-11,24-29,35,44,53H,1-6,12-23,30-31H2,(H,54,64)(H,58,63,65). The number of halogens is 2. The van der Waals surface area contributed by atoms with Gasteiger partial charge in [-0.15, -0.1) is 0 Å². The maximum absolute atomic E-state index is 15.4. The molecular weight excluding hydrogens is 875 g/mol. The Kier molecular flexibility index (Phi) is 14.5. The largest absolute Gasteiger partial charge is 0.385 e. The van der Waals surface area contributed by atoms with Gasteiger partial charge in [0, 0.05) is 80.8 Å². The van der Waals surface area contributed by atoms with Gasteiger partial charge in [0.25, 0.3) is 11.8 Å². The Morgan fingerprint density at radius 3 is 2.28 bits per heavy atom. The molecule has 3 saturated heterocycles. The van der Waals surface area contributed by atoms with Gasteiger partial charge in [0.05, 0.1) is 66.0 Å². The Labute approximate surface area is 392 Å². The number of nitrogens with one attached hydrogen (secondary N) is 3. The van der Waals surface area contributed by atoms with Gasteiger partial charge in [-0.2, -0.15) is 5.10 Å². The van der Waals surface area contributed by atoms with Crippen LogP contribution in [0.25, 0.3) is 33.4 Å². The molecule has 1 unspecified atom stereocenters. The molecule has 3 aromatic carbocycles. The molecule has 4 aliphatic heterocycles. The van der Waals surface area contributed by atoms with E-state index in [9.17, 15) is 24.0 Å². The highest BCUT2D eigenvalue weighted by atomic mass is 19.1. The fraction of sp³-hybridized carbons (Fsp3) is 0.440. The van der Waals surface area contributed by atoms with Crippen LogP contribution in [-0.4, -0.2) is 129 Å². The molecular formula is C50H56F2N10O6. The van der Waals surface area contributed by atoms with Crippen molar-refractivity contribution in [3.8, 4) is 22.4 Å². The number of carbonyl (C=O) groups excluding carboxylic acids is 5. The van der Waals surface area contributed by atoms with Crippen LogP contribution in [0.15, 0.2) is 67.1 Å². The average Bonchev–Trinajstić information content (AvgIpc) is 3.93. The van der Waals surface area contributed by atoms with Crippen LogP contribution < -0.4 is 16.0 Å². The molecule has 5 aromatic rings. The van der Waals surface area contributed by atoms with E-state index in [0.717, 1.165) is 80.6 Å². The molecule has 6 heterocycles. The first-order valence-corrected chi connectivity index (χ1v) is 23.8. The number of nitrogens with zero attached hydrogens (tertiary/aromatic N) is 7. The molecule has 2 aromatic heterocycles. The van der Waals surface area contributed by atoms with Gasteiger partial charge in [-0.05, 0) is 74.1 Å². The average molecular weight is 931 g/mol. The highest BCUT2D eigenvalue weighted by Crippen LogP contribution is 2.33. The zero-order valence-corrected chi connectivity index (χ0v) is 38.0. The van der Waals surface area contributed by atoms with Crippen molar-refractivity contribution in [1.29, 1.82) is 0 Å². The molecule has 68 heavy (non-hydrogen) atoms. The van der Waals surface area contributed by atoms with Crippen molar-refractivity contribution in [2.24, 2.45) is 0 Å². The molecule has 3 N–H and O–H groups in total. The van der Waals surface area contributed by atoms with Gasteiger partial charge in [0.1, 0.15) is 17.7 Å². The topological polar surface area (TPSA) is 184 Å². The van der Waals surface area contributed by atoms with Crippen LogP contribution >= 0.6 is 0 Å². The number of likely N-dealkylation sites (tertiary alicyclic amines) is 1. The second kappa shape index (κ2) is 21.2. The molecule has 0 radical (unpaired) electrons. The summed E-state index contributed by atoms with van der Waals surface area (Å²) in [5.41, 5.74) is 4.85. The van der Waals surface area contributed by atoms with Crippen LogP contribution in [0.4, 0.5) is 14.5 Å². The number of amides is 5.